The van der Waals surface area contributed by atoms with Gasteiger partial charge in [-0.15, -0.1) is 0 Å². The van der Waals surface area contributed by atoms with Crippen molar-refractivity contribution in [2.75, 3.05) is 13.1 Å². The summed E-state index contributed by atoms with van der Waals surface area (Å²) in [5.41, 5.74) is 0. The minimum Gasteiger partial charge on any atom is -0.480 e. The Morgan fingerprint density at radius 2 is 1.93 bits per heavy atom. The molecule has 5 nitrogen and oxygen atoms in total. The average Bonchev–Trinajstić information content (AvgIpc) is 2.09. The van der Waals surface area contributed by atoms with Crippen molar-refractivity contribution in [3.8, 4) is 0 Å². The predicted molar refractivity (Wildman–Crippen MR) is 52.9 cm³/mol. The molecule has 14 heavy (non-hydrogen) atoms. The van der Waals surface area contributed by atoms with Gasteiger partial charge in [0.2, 0.25) is 5.91 Å². The molecular formula is C9H18N2O3. The molecule has 1 unspecified atom stereocenters. The lowest BCUT2D eigenvalue weighted by Gasteiger charge is -2.17. The van der Waals surface area contributed by atoms with E-state index in [4.69, 9.17) is 5.11 Å². The van der Waals surface area contributed by atoms with Gasteiger partial charge in [-0.25, -0.2) is 4.79 Å². The zero-order chi connectivity index (χ0) is 11.1. The van der Waals surface area contributed by atoms with Gasteiger partial charge in [-0.05, 0) is 12.5 Å². The van der Waals surface area contributed by atoms with Crippen LogP contribution in [0.3, 0.4) is 0 Å². The molecule has 0 saturated carbocycles. The van der Waals surface area contributed by atoms with E-state index in [1.54, 1.807) is 13.8 Å². The lowest BCUT2D eigenvalue weighted by molar-refractivity contribution is -0.142. The SMILES string of the molecule is CCNCC(=O)NC(C(=O)O)C(C)C. The number of aliphatic carboxylic acids is 1. The van der Waals surface area contributed by atoms with Gasteiger partial charge in [0, 0.05) is 0 Å². The van der Waals surface area contributed by atoms with Crippen molar-refractivity contribution in [3.63, 3.8) is 0 Å². The number of carbonyl (C=O) groups excluding carboxylic acids is 1. The van der Waals surface area contributed by atoms with Crippen LogP contribution in [-0.4, -0.2) is 36.1 Å². The number of carbonyl (C=O) groups is 2. The first-order chi connectivity index (χ1) is 6.49. The van der Waals surface area contributed by atoms with Crippen molar-refractivity contribution in [1.29, 1.82) is 0 Å². The number of rotatable bonds is 6. The van der Waals surface area contributed by atoms with E-state index in [9.17, 15) is 9.59 Å². The molecule has 0 aliphatic rings. The first kappa shape index (κ1) is 12.9. The van der Waals surface area contributed by atoms with E-state index in [-0.39, 0.29) is 18.4 Å². The molecule has 1 amide bonds. The Balaban J connectivity index is 4.04. The number of hydrogen-bond donors (Lipinski definition) is 3. The first-order valence-electron chi connectivity index (χ1n) is 4.72. The molecule has 82 valence electrons. The number of carboxylic acids is 1. The predicted octanol–water partition coefficient (Wildman–Crippen LogP) is -0.179. The van der Waals surface area contributed by atoms with Crippen molar-refractivity contribution < 1.29 is 14.7 Å². The highest BCUT2D eigenvalue weighted by Crippen LogP contribution is 2.00. The van der Waals surface area contributed by atoms with Crippen LogP contribution in [0.25, 0.3) is 0 Å². The van der Waals surface area contributed by atoms with Crippen LogP contribution in [-0.2, 0) is 9.59 Å². The minimum absolute atomic E-state index is 0.113. The maximum Gasteiger partial charge on any atom is 0.326 e. The highest BCUT2D eigenvalue weighted by molar-refractivity contribution is 5.84. The second kappa shape index (κ2) is 6.37. The fourth-order valence-electron chi connectivity index (χ4n) is 0.977. The van der Waals surface area contributed by atoms with Crippen LogP contribution in [0, 0.1) is 5.92 Å². The summed E-state index contributed by atoms with van der Waals surface area (Å²) in [6.45, 7) is 6.24. The molecule has 0 heterocycles. The summed E-state index contributed by atoms with van der Waals surface area (Å²) in [5, 5.41) is 14.1. The van der Waals surface area contributed by atoms with E-state index in [0.29, 0.717) is 6.54 Å². The Labute approximate surface area is 83.9 Å². The zero-order valence-corrected chi connectivity index (χ0v) is 8.83. The number of carboxylic acid groups (broad SMARTS) is 1. The van der Waals surface area contributed by atoms with Crippen LogP contribution in [0.5, 0.6) is 0 Å². The fourth-order valence-corrected chi connectivity index (χ4v) is 0.977. The molecule has 0 aliphatic heterocycles. The Hall–Kier alpha value is -1.10. The summed E-state index contributed by atoms with van der Waals surface area (Å²) < 4.78 is 0. The summed E-state index contributed by atoms with van der Waals surface area (Å²) >= 11 is 0. The van der Waals surface area contributed by atoms with Gasteiger partial charge in [-0.3, -0.25) is 4.79 Å². The standard InChI is InChI=1S/C9H18N2O3/c1-4-10-5-7(12)11-8(6(2)3)9(13)14/h6,8,10H,4-5H2,1-3H3,(H,11,12)(H,13,14). The highest BCUT2D eigenvalue weighted by atomic mass is 16.4. The van der Waals surface area contributed by atoms with Crippen LogP contribution in [0.1, 0.15) is 20.8 Å². The lowest BCUT2D eigenvalue weighted by atomic mass is 10.1. The van der Waals surface area contributed by atoms with E-state index >= 15 is 0 Å². The van der Waals surface area contributed by atoms with E-state index in [2.05, 4.69) is 10.6 Å². The largest absolute Gasteiger partial charge is 0.480 e. The van der Waals surface area contributed by atoms with Gasteiger partial charge in [0.15, 0.2) is 0 Å². The van der Waals surface area contributed by atoms with E-state index < -0.39 is 12.0 Å². The van der Waals surface area contributed by atoms with E-state index in [1.165, 1.54) is 0 Å². The van der Waals surface area contributed by atoms with Gasteiger partial charge in [-0.2, -0.15) is 0 Å². The van der Waals surface area contributed by atoms with Gasteiger partial charge in [-0.1, -0.05) is 20.8 Å². The van der Waals surface area contributed by atoms with Crippen molar-refractivity contribution in [1.82, 2.24) is 10.6 Å². The molecule has 0 saturated heterocycles. The molecule has 1 atom stereocenters. The lowest BCUT2D eigenvalue weighted by Crippen LogP contribution is -2.47. The highest BCUT2D eigenvalue weighted by Gasteiger charge is 2.22. The monoisotopic (exact) mass is 202 g/mol. The number of hydrogen-bond acceptors (Lipinski definition) is 3. The molecule has 0 bridgehead atoms. The van der Waals surface area contributed by atoms with Gasteiger partial charge in [0.1, 0.15) is 6.04 Å². The van der Waals surface area contributed by atoms with Crippen LogP contribution in [0.4, 0.5) is 0 Å². The number of likely N-dealkylation sites (N-methyl/N-ethyl adjacent to an activating group) is 1. The third kappa shape index (κ3) is 4.81. The quantitative estimate of drug-likeness (QED) is 0.558. The Morgan fingerprint density at radius 1 is 1.36 bits per heavy atom. The molecule has 0 radical (unpaired) electrons. The van der Waals surface area contributed by atoms with Crippen molar-refractivity contribution in [2.24, 2.45) is 5.92 Å². The van der Waals surface area contributed by atoms with Crippen LogP contribution in [0.2, 0.25) is 0 Å². The second-order valence-electron chi connectivity index (χ2n) is 3.41. The summed E-state index contributed by atoms with van der Waals surface area (Å²) in [4.78, 5) is 21.9. The molecule has 0 rings (SSSR count). The van der Waals surface area contributed by atoms with Crippen LogP contribution < -0.4 is 10.6 Å². The molecule has 0 aromatic heterocycles. The summed E-state index contributed by atoms with van der Waals surface area (Å²) in [7, 11) is 0. The fraction of sp³-hybridized carbons (Fsp3) is 0.778. The Bertz CT molecular complexity index is 204. The Kier molecular flexibility index (Phi) is 5.87. The number of nitrogens with one attached hydrogen (secondary N) is 2. The van der Waals surface area contributed by atoms with Crippen LogP contribution in [0.15, 0.2) is 0 Å². The minimum atomic E-state index is -0.996. The maximum atomic E-state index is 11.2. The van der Waals surface area contributed by atoms with E-state index in [1.807, 2.05) is 6.92 Å². The molecule has 0 spiro atoms. The molecule has 0 aliphatic carbocycles. The third-order valence-electron chi connectivity index (χ3n) is 1.78. The van der Waals surface area contributed by atoms with Crippen molar-refractivity contribution in [3.05, 3.63) is 0 Å². The molecular weight excluding hydrogens is 184 g/mol. The topological polar surface area (TPSA) is 78.4 Å². The maximum absolute atomic E-state index is 11.2. The van der Waals surface area contributed by atoms with Gasteiger partial charge >= 0.3 is 5.97 Å². The summed E-state index contributed by atoms with van der Waals surface area (Å²) in [6.07, 6.45) is 0. The zero-order valence-electron chi connectivity index (χ0n) is 8.83. The smallest absolute Gasteiger partial charge is 0.326 e. The Morgan fingerprint density at radius 3 is 2.29 bits per heavy atom. The number of amides is 1. The normalized spacial score (nSPS) is 12.6. The molecule has 0 aromatic carbocycles. The molecule has 3 N–H and O–H groups in total. The van der Waals surface area contributed by atoms with Gasteiger partial charge in [0.25, 0.3) is 0 Å². The van der Waals surface area contributed by atoms with Gasteiger partial charge in [0.05, 0.1) is 6.54 Å². The molecule has 0 aromatic rings. The second-order valence-corrected chi connectivity index (χ2v) is 3.41. The van der Waals surface area contributed by atoms with Crippen LogP contribution >= 0.6 is 0 Å². The van der Waals surface area contributed by atoms with Crippen molar-refractivity contribution in [2.45, 2.75) is 26.8 Å². The van der Waals surface area contributed by atoms with Crippen molar-refractivity contribution >= 4 is 11.9 Å². The van der Waals surface area contributed by atoms with Gasteiger partial charge < -0.3 is 15.7 Å². The summed E-state index contributed by atoms with van der Waals surface area (Å²) in [5.74, 6) is -1.39. The third-order valence-corrected chi connectivity index (χ3v) is 1.78. The average molecular weight is 202 g/mol. The first-order valence-corrected chi connectivity index (χ1v) is 4.72. The molecule has 0 fully saturated rings. The van der Waals surface area contributed by atoms with E-state index in [0.717, 1.165) is 0 Å². The molecule has 5 heteroatoms. The summed E-state index contributed by atoms with van der Waals surface area (Å²) in [6, 6.07) is -0.804.